The number of thioether (sulfide) groups is 1. The molecule has 1 saturated carbocycles. The van der Waals surface area contributed by atoms with E-state index in [1.165, 1.54) is 43.7 Å². The quantitative estimate of drug-likeness (QED) is 0.811. The number of rotatable bonds is 3. The van der Waals surface area contributed by atoms with E-state index in [1.807, 2.05) is 0 Å². The van der Waals surface area contributed by atoms with Crippen LogP contribution < -0.4 is 5.32 Å². The summed E-state index contributed by atoms with van der Waals surface area (Å²) in [7, 11) is 0. The molecule has 1 aliphatic heterocycles. The Morgan fingerprint density at radius 1 is 1.31 bits per heavy atom. The van der Waals surface area contributed by atoms with Gasteiger partial charge in [-0.25, -0.2) is 0 Å². The molecule has 0 spiro atoms. The lowest BCUT2D eigenvalue weighted by atomic mass is 9.70. The van der Waals surface area contributed by atoms with Gasteiger partial charge in [0, 0.05) is 6.04 Å². The molecule has 1 aliphatic carbocycles. The summed E-state index contributed by atoms with van der Waals surface area (Å²) >= 11 is 2.13. The van der Waals surface area contributed by atoms with Crippen molar-refractivity contribution in [2.24, 2.45) is 17.3 Å². The summed E-state index contributed by atoms with van der Waals surface area (Å²) < 4.78 is 0. The number of hydrogen-bond acceptors (Lipinski definition) is 2. The average Bonchev–Trinajstić information content (AvgIpc) is 2.63. The zero-order valence-corrected chi connectivity index (χ0v) is 11.9. The third kappa shape index (κ3) is 3.66. The molecule has 0 aromatic carbocycles. The van der Waals surface area contributed by atoms with Gasteiger partial charge < -0.3 is 5.32 Å². The Morgan fingerprint density at radius 3 is 2.75 bits per heavy atom. The van der Waals surface area contributed by atoms with Crippen LogP contribution in [0.3, 0.4) is 0 Å². The molecule has 1 saturated heterocycles. The molecule has 1 nitrogen and oxygen atoms in total. The van der Waals surface area contributed by atoms with Crippen molar-refractivity contribution in [3.05, 3.63) is 0 Å². The van der Waals surface area contributed by atoms with Gasteiger partial charge in [0.1, 0.15) is 0 Å². The number of nitrogens with one attached hydrogen (secondary N) is 1. The maximum absolute atomic E-state index is 3.84. The van der Waals surface area contributed by atoms with Gasteiger partial charge in [-0.15, -0.1) is 0 Å². The van der Waals surface area contributed by atoms with E-state index in [1.54, 1.807) is 0 Å². The summed E-state index contributed by atoms with van der Waals surface area (Å²) in [6.07, 6.45) is 5.61. The van der Waals surface area contributed by atoms with E-state index in [4.69, 9.17) is 0 Å². The van der Waals surface area contributed by atoms with E-state index in [0.717, 1.165) is 17.9 Å². The van der Waals surface area contributed by atoms with Crippen molar-refractivity contribution in [3.63, 3.8) is 0 Å². The Kier molecular flexibility index (Phi) is 4.23. The summed E-state index contributed by atoms with van der Waals surface area (Å²) in [5.74, 6) is 4.63. The minimum atomic E-state index is 0.555. The molecule has 0 aromatic rings. The molecule has 1 heterocycles. The van der Waals surface area contributed by atoms with Crippen molar-refractivity contribution in [1.82, 2.24) is 5.32 Å². The highest BCUT2D eigenvalue weighted by Crippen LogP contribution is 2.38. The molecule has 16 heavy (non-hydrogen) atoms. The molecule has 0 radical (unpaired) electrons. The van der Waals surface area contributed by atoms with E-state index < -0.39 is 0 Å². The van der Waals surface area contributed by atoms with Crippen LogP contribution in [0.2, 0.25) is 0 Å². The van der Waals surface area contributed by atoms with Crippen molar-refractivity contribution in [3.8, 4) is 0 Å². The lowest BCUT2D eigenvalue weighted by Gasteiger charge is -2.39. The van der Waals surface area contributed by atoms with Crippen LogP contribution >= 0.6 is 11.8 Å². The van der Waals surface area contributed by atoms with Crippen LogP contribution in [0.5, 0.6) is 0 Å². The van der Waals surface area contributed by atoms with Crippen molar-refractivity contribution < 1.29 is 0 Å². The van der Waals surface area contributed by atoms with Crippen LogP contribution in [0, 0.1) is 17.3 Å². The van der Waals surface area contributed by atoms with Gasteiger partial charge in [0.15, 0.2) is 0 Å². The van der Waals surface area contributed by atoms with Gasteiger partial charge in [0.05, 0.1) is 0 Å². The normalized spacial score (nSPS) is 38.8. The van der Waals surface area contributed by atoms with Gasteiger partial charge >= 0.3 is 0 Å². The molecule has 0 bridgehead atoms. The standard InChI is InChI=1S/C14H27NS/c1-11-6-13(8-14(2,3)7-11)15-9-12-4-5-16-10-12/h11-13,15H,4-10H2,1-3H3. The van der Waals surface area contributed by atoms with Gasteiger partial charge in [-0.2, -0.15) is 11.8 Å². The fraction of sp³-hybridized carbons (Fsp3) is 1.00. The Bertz CT molecular complexity index is 221. The van der Waals surface area contributed by atoms with E-state index in [2.05, 4.69) is 37.8 Å². The van der Waals surface area contributed by atoms with Crippen LogP contribution in [-0.2, 0) is 0 Å². The fourth-order valence-electron chi connectivity index (χ4n) is 3.58. The predicted octanol–water partition coefficient (Wildman–Crippen LogP) is 3.54. The monoisotopic (exact) mass is 241 g/mol. The lowest BCUT2D eigenvalue weighted by molar-refractivity contribution is 0.149. The Balaban J connectivity index is 1.75. The van der Waals surface area contributed by atoms with Crippen LogP contribution in [0.1, 0.15) is 46.5 Å². The smallest absolute Gasteiger partial charge is 0.00748 e. The molecular weight excluding hydrogens is 214 g/mol. The van der Waals surface area contributed by atoms with Gasteiger partial charge in [0.25, 0.3) is 0 Å². The van der Waals surface area contributed by atoms with E-state index in [-0.39, 0.29) is 0 Å². The largest absolute Gasteiger partial charge is 0.314 e. The van der Waals surface area contributed by atoms with Gasteiger partial charge in [-0.1, -0.05) is 20.8 Å². The third-order valence-electron chi connectivity index (χ3n) is 4.11. The third-order valence-corrected chi connectivity index (χ3v) is 5.34. The first-order chi connectivity index (χ1) is 7.55. The SMILES string of the molecule is CC1CC(NCC2CCSC2)CC(C)(C)C1. The molecule has 2 rings (SSSR count). The molecule has 2 heteroatoms. The Hall–Kier alpha value is 0.310. The summed E-state index contributed by atoms with van der Waals surface area (Å²) in [5.41, 5.74) is 0.555. The number of hydrogen-bond donors (Lipinski definition) is 1. The zero-order chi connectivity index (χ0) is 11.6. The van der Waals surface area contributed by atoms with Gasteiger partial charge in [-0.3, -0.25) is 0 Å². The van der Waals surface area contributed by atoms with Crippen LogP contribution in [0.25, 0.3) is 0 Å². The second kappa shape index (κ2) is 5.30. The fourth-order valence-corrected chi connectivity index (χ4v) is 4.86. The highest BCUT2D eigenvalue weighted by atomic mass is 32.2. The van der Waals surface area contributed by atoms with Gasteiger partial charge in [-0.05, 0) is 61.0 Å². The first kappa shape index (κ1) is 12.8. The van der Waals surface area contributed by atoms with Crippen LogP contribution in [0.4, 0.5) is 0 Å². The second-order valence-corrected chi connectivity index (χ2v) is 7.90. The summed E-state index contributed by atoms with van der Waals surface area (Å²) in [6.45, 7) is 8.55. The predicted molar refractivity (Wildman–Crippen MR) is 74.0 cm³/mol. The Morgan fingerprint density at radius 2 is 2.12 bits per heavy atom. The van der Waals surface area contributed by atoms with E-state index in [0.29, 0.717) is 5.41 Å². The Labute approximate surface area is 105 Å². The summed E-state index contributed by atoms with van der Waals surface area (Å²) in [5, 5.41) is 3.84. The molecular formula is C14H27NS. The molecule has 2 fully saturated rings. The van der Waals surface area contributed by atoms with Crippen molar-refractivity contribution in [2.45, 2.75) is 52.5 Å². The molecule has 3 atom stereocenters. The topological polar surface area (TPSA) is 12.0 Å². The molecule has 3 unspecified atom stereocenters. The zero-order valence-electron chi connectivity index (χ0n) is 11.1. The average molecular weight is 241 g/mol. The molecule has 0 aromatic heterocycles. The first-order valence-electron chi connectivity index (χ1n) is 6.86. The van der Waals surface area contributed by atoms with Crippen molar-refractivity contribution in [1.29, 1.82) is 0 Å². The van der Waals surface area contributed by atoms with E-state index in [9.17, 15) is 0 Å². The lowest BCUT2D eigenvalue weighted by Crippen LogP contribution is -2.42. The highest BCUT2D eigenvalue weighted by Gasteiger charge is 2.32. The minimum Gasteiger partial charge on any atom is -0.314 e. The second-order valence-electron chi connectivity index (χ2n) is 6.75. The van der Waals surface area contributed by atoms with Crippen molar-refractivity contribution in [2.75, 3.05) is 18.1 Å². The maximum Gasteiger partial charge on any atom is 0.00748 e. The minimum absolute atomic E-state index is 0.555. The summed E-state index contributed by atoms with van der Waals surface area (Å²) in [4.78, 5) is 0. The molecule has 94 valence electrons. The highest BCUT2D eigenvalue weighted by molar-refractivity contribution is 7.99. The summed E-state index contributed by atoms with van der Waals surface area (Å²) in [6, 6.07) is 0.782. The van der Waals surface area contributed by atoms with Gasteiger partial charge in [0.2, 0.25) is 0 Å². The maximum atomic E-state index is 3.84. The molecule has 1 N–H and O–H groups in total. The van der Waals surface area contributed by atoms with Crippen molar-refractivity contribution >= 4 is 11.8 Å². The molecule has 2 aliphatic rings. The first-order valence-corrected chi connectivity index (χ1v) is 8.02. The van der Waals surface area contributed by atoms with Crippen LogP contribution in [0.15, 0.2) is 0 Å². The van der Waals surface area contributed by atoms with E-state index >= 15 is 0 Å². The molecule has 0 amide bonds. The van der Waals surface area contributed by atoms with Crippen LogP contribution in [-0.4, -0.2) is 24.1 Å².